The topological polar surface area (TPSA) is 100 Å². The van der Waals surface area contributed by atoms with Crippen LogP contribution in [0.1, 0.15) is 30.1 Å². The maximum absolute atomic E-state index is 14.2. The van der Waals surface area contributed by atoms with Crippen molar-refractivity contribution in [1.29, 1.82) is 0 Å². The van der Waals surface area contributed by atoms with E-state index in [1.54, 1.807) is 6.20 Å². The summed E-state index contributed by atoms with van der Waals surface area (Å²) >= 11 is 6.08. The third-order valence-corrected chi connectivity index (χ3v) is 8.39. The van der Waals surface area contributed by atoms with Gasteiger partial charge in [-0.15, -0.1) is 5.10 Å². The minimum Gasteiger partial charge on any atom is -0.492 e. The Labute approximate surface area is 234 Å². The van der Waals surface area contributed by atoms with Gasteiger partial charge in [-0.2, -0.15) is 5.10 Å². The van der Waals surface area contributed by atoms with Crippen LogP contribution >= 0.6 is 11.6 Å². The zero-order chi connectivity index (χ0) is 27.4. The average molecular weight is 560 g/mol. The molecule has 1 unspecified atom stereocenters. The maximum Gasteiger partial charge on any atom is 0.255 e. The first-order chi connectivity index (χ1) is 19.5. The van der Waals surface area contributed by atoms with E-state index in [1.807, 2.05) is 29.9 Å². The van der Waals surface area contributed by atoms with E-state index in [0.717, 1.165) is 65.2 Å². The van der Waals surface area contributed by atoms with E-state index in [9.17, 15) is 9.18 Å². The number of amides is 1. The summed E-state index contributed by atoms with van der Waals surface area (Å²) in [6, 6.07) is 10.5. The normalized spacial score (nSPS) is 20.4. The summed E-state index contributed by atoms with van der Waals surface area (Å²) in [5.74, 6) is 1.49. The highest BCUT2D eigenvalue weighted by Gasteiger charge is 2.42. The Morgan fingerprint density at radius 3 is 2.75 bits per heavy atom. The number of hydrogen-bond donors (Lipinski definition) is 2. The second kappa shape index (κ2) is 9.78. The van der Waals surface area contributed by atoms with Crippen LogP contribution in [0.15, 0.2) is 55.0 Å². The van der Waals surface area contributed by atoms with Crippen molar-refractivity contribution < 1.29 is 13.9 Å². The van der Waals surface area contributed by atoms with Crippen molar-refractivity contribution in [1.82, 2.24) is 30.1 Å². The first-order valence-corrected chi connectivity index (χ1v) is 13.8. The molecule has 0 radical (unpaired) electrons. The van der Waals surface area contributed by atoms with Crippen LogP contribution < -0.4 is 15.0 Å². The number of aromatic nitrogens is 5. The molecule has 0 spiro atoms. The third-order valence-electron chi connectivity index (χ3n) is 8.07. The van der Waals surface area contributed by atoms with Crippen LogP contribution in [0.4, 0.5) is 10.2 Å². The van der Waals surface area contributed by atoms with Crippen molar-refractivity contribution in [2.45, 2.75) is 25.8 Å². The highest BCUT2D eigenvalue weighted by molar-refractivity contribution is 6.33. The van der Waals surface area contributed by atoms with Gasteiger partial charge in [0, 0.05) is 36.5 Å². The largest absolute Gasteiger partial charge is 0.492 e. The third kappa shape index (κ3) is 4.23. The molecule has 7 rings (SSSR count). The monoisotopic (exact) mass is 559 g/mol. The molecule has 2 N–H and O–H groups in total. The van der Waals surface area contributed by atoms with Gasteiger partial charge in [0.2, 0.25) is 0 Å². The highest BCUT2D eigenvalue weighted by atomic mass is 35.5. The molecule has 4 aromatic heterocycles. The van der Waals surface area contributed by atoms with Gasteiger partial charge in [0.25, 0.3) is 5.91 Å². The minimum atomic E-state index is -0.600. The van der Waals surface area contributed by atoms with Crippen LogP contribution in [0.25, 0.3) is 27.7 Å². The number of nitrogens with one attached hydrogen (secondary N) is 2. The molecule has 1 aliphatic heterocycles. The first kappa shape index (κ1) is 24.8. The van der Waals surface area contributed by atoms with E-state index < -0.39 is 11.7 Å². The van der Waals surface area contributed by atoms with E-state index in [-0.39, 0.29) is 16.6 Å². The molecule has 1 aromatic carbocycles. The quantitative estimate of drug-likeness (QED) is 0.300. The second-order valence-corrected chi connectivity index (χ2v) is 10.9. The lowest BCUT2D eigenvalue weighted by molar-refractivity contribution is 0.0932. The summed E-state index contributed by atoms with van der Waals surface area (Å²) in [6.07, 6.45) is 7.26. The molecular formula is C29H27ClFN7O2. The number of rotatable bonds is 6. The van der Waals surface area contributed by atoms with E-state index in [1.165, 1.54) is 18.2 Å². The fourth-order valence-electron chi connectivity index (χ4n) is 6.32. The molecule has 9 nitrogen and oxygen atoms in total. The number of ether oxygens (including phenoxy) is 1. The Hall–Kier alpha value is -4.18. The van der Waals surface area contributed by atoms with Crippen LogP contribution in [0.5, 0.6) is 5.75 Å². The first-order valence-electron chi connectivity index (χ1n) is 13.4. The molecule has 1 saturated heterocycles. The summed E-state index contributed by atoms with van der Waals surface area (Å²) in [7, 11) is 0. The van der Waals surface area contributed by atoms with Gasteiger partial charge in [0.05, 0.1) is 40.5 Å². The molecule has 0 bridgehead atoms. The average Bonchev–Trinajstić information content (AvgIpc) is 3.69. The molecule has 204 valence electrons. The Kier molecular flexibility index (Phi) is 6.07. The van der Waals surface area contributed by atoms with Gasteiger partial charge in [0.15, 0.2) is 5.65 Å². The van der Waals surface area contributed by atoms with Crippen molar-refractivity contribution in [3.8, 4) is 16.9 Å². The number of halogens is 2. The number of anilines is 1. The van der Waals surface area contributed by atoms with Gasteiger partial charge in [-0.05, 0) is 61.9 Å². The van der Waals surface area contributed by atoms with Crippen molar-refractivity contribution in [2.75, 3.05) is 24.6 Å². The van der Waals surface area contributed by atoms with Crippen molar-refractivity contribution >= 4 is 39.9 Å². The van der Waals surface area contributed by atoms with E-state index >= 15 is 0 Å². The molecule has 5 aromatic rings. The number of nitrogens with zero attached hydrogens (tertiary/aromatic N) is 5. The van der Waals surface area contributed by atoms with Crippen LogP contribution in [-0.2, 0) is 0 Å². The summed E-state index contributed by atoms with van der Waals surface area (Å²) in [6.45, 7) is 4.25. The van der Waals surface area contributed by atoms with Gasteiger partial charge in [0.1, 0.15) is 17.4 Å². The fraction of sp³-hybridized carbons (Fsp3) is 0.310. The Morgan fingerprint density at radius 1 is 1.20 bits per heavy atom. The van der Waals surface area contributed by atoms with Gasteiger partial charge < -0.3 is 15.0 Å². The number of fused-ring (bicyclic) bond motifs is 4. The predicted molar refractivity (Wildman–Crippen MR) is 150 cm³/mol. The predicted octanol–water partition coefficient (Wildman–Crippen LogP) is 5.11. The lowest BCUT2D eigenvalue weighted by atomic mass is 10.0. The highest BCUT2D eigenvalue weighted by Crippen LogP contribution is 2.40. The van der Waals surface area contributed by atoms with E-state index in [0.29, 0.717) is 18.4 Å². The molecule has 3 atom stereocenters. The van der Waals surface area contributed by atoms with E-state index in [2.05, 4.69) is 37.6 Å². The lowest BCUT2D eigenvalue weighted by Crippen LogP contribution is -2.35. The summed E-state index contributed by atoms with van der Waals surface area (Å²) in [5.41, 5.74) is 3.52. The van der Waals surface area contributed by atoms with Crippen molar-refractivity contribution in [3.63, 3.8) is 0 Å². The molecule has 1 saturated carbocycles. The number of benzene rings is 1. The Balaban J connectivity index is 1.06. The number of carbonyl (C=O) groups excluding carboxylic acids is 1. The number of carbonyl (C=O) groups is 1. The van der Waals surface area contributed by atoms with Gasteiger partial charge in [-0.3, -0.25) is 9.89 Å². The SMILES string of the molecule is CCOc1cc(-c2ccc(N3CC4C[C@@H](NC(=O)c5c(F)cccc5Cl)C[C@H]4C3)nc2)c2c3cn[nH]c3nn2c1. The maximum atomic E-state index is 14.2. The molecule has 1 aliphatic carbocycles. The molecule has 11 heteroatoms. The number of pyridine rings is 2. The zero-order valence-electron chi connectivity index (χ0n) is 21.8. The van der Waals surface area contributed by atoms with Crippen LogP contribution in [-0.4, -0.2) is 56.4 Å². The summed E-state index contributed by atoms with van der Waals surface area (Å²) < 4.78 is 21.8. The summed E-state index contributed by atoms with van der Waals surface area (Å²) in [5, 5.41) is 15.8. The van der Waals surface area contributed by atoms with Crippen LogP contribution in [0.3, 0.4) is 0 Å². The zero-order valence-corrected chi connectivity index (χ0v) is 22.5. The smallest absolute Gasteiger partial charge is 0.255 e. The van der Waals surface area contributed by atoms with Gasteiger partial charge in [-0.1, -0.05) is 17.7 Å². The molecule has 2 fully saturated rings. The summed E-state index contributed by atoms with van der Waals surface area (Å²) in [4.78, 5) is 19.8. The van der Waals surface area contributed by atoms with Gasteiger partial charge in [-0.25, -0.2) is 13.9 Å². The number of aromatic amines is 1. The molecule has 1 amide bonds. The number of H-pyrrole nitrogens is 1. The minimum absolute atomic E-state index is 0.00564. The van der Waals surface area contributed by atoms with Crippen LogP contribution in [0, 0.1) is 17.7 Å². The Morgan fingerprint density at radius 2 is 2.02 bits per heavy atom. The van der Waals surface area contributed by atoms with Crippen molar-refractivity contribution in [2.24, 2.45) is 11.8 Å². The molecule has 2 aliphatic rings. The molecule has 5 heterocycles. The van der Waals surface area contributed by atoms with Crippen LogP contribution in [0.2, 0.25) is 5.02 Å². The van der Waals surface area contributed by atoms with E-state index in [4.69, 9.17) is 21.3 Å². The molecular weight excluding hydrogens is 533 g/mol. The van der Waals surface area contributed by atoms with Crippen molar-refractivity contribution in [3.05, 3.63) is 71.4 Å². The second-order valence-electron chi connectivity index (χ2n) is 10.5. The standard InChI is InChI=1S/C29H27ClFN7O2/c1-2-40-20-10-21(27-22-12-33-35-28(22)36-38(27)15-20)16-6-7-25(32-11-16)37-13-17-8-19(9-18(17)14-37)34-29(39)26-23(30)4-3-5-24(26)31/h3-7,10-12,15,17-19H,2,8-9,13-14H2,1H3,(H,34,39)(H,35,36)/t17-,18?,19-/m0/s1. The fourth-order valence-corrected chi connectivity index (χ4v) is 6.56. The lowest BCUT2D eigenvalue weighted by Gasteiger charge is -2.21. The molecule has 40 heavy (non-hydrogen) atoms. The number of hydrogen-bond acceptors (Lipinski definition) is 6. The van der Waals surface area contributed by atoms with Gasteiger partial charge >= 0.3 is 0 Å². The Bertz CT molecular complexity index is 1700.